The van der Waals surface area contributed by atoms with E-state index >= 15 is 0 Å². The molecule has 5 heteroatoms. The van der Waals surface area contributed by atoms with Crippen LogP contribution in [0.1, 0.15) is 34.7 Å². The number of aryl methyl sites for hydroxylation is 1. The molecule has 0 unspecified atom stereocenters. The van der Waals surface area contributed by atoms with Gasteiger partial charge in [-0.3, -0.25) is 0 Å². The molecular weight excluding hydrogens is 224 g/mol. The minimum absolute atomic E-state index is 0.00409. The highest BCUT2D eigenvalue weighted by atomic mass is 16.5. The number of carbonyl (C=O) groups is 1. The van der Waals surface area contributed by atoms with Gasteiger partial charge in [-0.05, 0) is 25.8 Å². The van der Waals surface area contributed by atoms with E-state index in [9.17, 15) is 4.79 Å². The van der Waals surface area contributed by atoms with E-state index in [-0.39, 0.29) is 11.9 Å². The minimum atomic E-state index is -1.04. The Hall–Kier alpha value is -1.33. The van der Waals surface area contributed by atoms with Crippen LogP contribution in [0.3, 0.4) is 0 Å². The van der Waals surface area contributed by atoms with Gasteiger partial charge in [-0.2, -0.15) is 0 Å². The van der Waals surface area contributed by atoms with Gasteiger partial charge >= 0.3 is 5.97 Å². The van der Waals surface area contributed by atoms with Crippen molar-refractivity contribution in [2.24, 2.45) is 0 Å². The second-order valence-corrected chi connectivity index (χ2v) is 4.15. The van der Waals surface area contributed by atoms with Crippen LogP contribution < -0.4 is 0 Å². The first-order chi connectivity index (χ1) is 8.16. The zero-order chi connectivity index (χ0) is 12.3. The fraction of sp³-hybridized carbons (Fsp3) is 0.583. The number of ether oxygens (including phenoxy) is 2. The van der Waals surface area contributed by atoms with Crippen LogP contribution in [0, 0.1) is 6.92 Å². The van der Waals surface area contributed by atoms with Crippen molar-refractivity contribution < 1.29 is 23.8 Å². The first kappa shape index (κ1) is 12.1. The number of hydrogen-bond donors (Lipinski definition) is 1. The summed E-state index contributed by atoms with van der Waals surface area (Å²) >= 11 is 0. The van der Waals surface area contributed by atoms with Gasteiger partial charge in [-0.15, -0.1) is 0 Å². The number of hydrogen-bond acceptors (Lipinski definition) is 4. The normalized spacial score (nSPS) is 17.2. The molecule has 0 saturated carbocycles. The Labute approximate surface area is 99.3 Å². The van der Waals surface area contributed by atoms with E-state index in [2.05, 4.69) is 0 Å². The molecule has 2 rings (SSSR count). The van der Waals surface area contributed by atoms with Crippen LogP contribution in [-0.4, -0.2) is 30.4 Å². The highest BCUT2D eigenvalue weighted by Gasteiger charge is 2.17. The van der Waals surface area contributed by atoms with Gasteiger partial charge in [-0.25, -0.2) is 4.79 Å². The third-order valence-corrected chi connectivity index (χ3v) is 2.79. The zero-order valence-corrected chi connectivity index (χ0v) is 9.77. The van der Waals surface area contributed by atoms with Crippen LogP contribution in [-0.2, 0) is 16.1 Å². The minimum Gasteiger partial charge on any atom is -0.475 e. The van der Waals surface area contributed by atoms with Crippen molar-refractivity contribution in [1.82, 2.24) is 0 Å². The third kappa shape index (κ3) is 3.08. The largest absolute Gasteiger partial charge is 0.475 e. The Bertz CT molecular complexity index is 390. The van der Waals surface area contributed by atoms with Crippen LogP contribution in [0.5, 0.6) is 0 Å². The lowest BCUT2D eigenvalue weighted by molar-refractivity contribution is -0.0435. The van der Waals surface area contributed by atoms with E-state index in [1.54, 1.807) is 13.0 Å². The summed E-state index contributed by atoms with van der Waals surface area (Å²) < 4.78 is 16.1. The molecular formula is C12H16O5. The molecule has 0 amide bonds. The van der Waals surface area contributed by atoms with Crippen molar-refractivity contribution in [3.63, 3.8) is 0 Å². The summed E-state index contributed by atoms with van der Waals surface area (Å²) in [7, 11) is 0. The second kappa shape index (κ2) is 5.33. The summed E-state index contributed by atoms with van der Waals surface area (Å²) in [5.41, 5.74) is 0.628. The molecule has 1 aliphatic rings. The standard InChI is InChI=1S/C12H16O5/c1-8-6-10(17-11(8)12(13)14)7-16-9-2-4-15-5-3-9/h6,9H,2-5,7H2,1H3,(H,13,14). The lowest BCUT2D eigenvalue weighted by atomic mass is 10.1. The highest BCUT2D eigenvalue weighted by Crippen LogP contribution is 2.18. The molecule has 1 aromatic heterocycles. The van der Waals surface area contributed by atoms with Gasteiger partial charge in [0.25, 0.3) is 0 Å². The zero-order valence-electron chi connectivity index (χ0n) is 9.77. The van der Waals surface area contributed by atoms with Crippen molar-refractivity contribution in [1.29, 1.82) is 0 Å². The van der Waals surface area contributed by atoms with Crippen LogP contribution in [0.4, 0.5) is 0 Å². The Kier molecular flexibility index (Phi) is 3.81. The molecule has 0 aliphatic carbocycles. The quantitative estimate of drug-likeness (QED) is 0.871. The van der Waals surface area contributed by atoms with E-state index in [1.807, 2.05) is 0 Å². The highest BCUT2D eigenvalue weighted by molar-refractivity contribution is 5.86. The van der Waals surface area contributed by atoms with E-state index < -0.39 is 5.97 Å². The molecule has 2 heterocycles. The second-order valence-electron chi connectivity index (χ2n) is 4.15. The van der Waals surface area contributed by atoms with Crippen molar-refractivity contribution in [2.75, 3.05) is 13.2 Å². The summed E-state index contributed by atoms with van der Waals surface area (Å²) in [6.45, 7) is 3.48. The summed E-state index contributed by atoms with van der Waals surface area (Å²) in [4.78, 5) is 10.8. The van der Waals surface area contributed by atoms with E-state index in [1.165, 1.54) is 0 Å². The Morgan fingerprint density at radius 2 is 2.24 bits per heavy atom. The first-order valence-corrected chi connectivity index (χ1v) is 5.69. The number of rotatable bonds is 4. The fourth-order valence-electron chi connectivity index (χ4n) is 1.87. The number of aromatic carboxylic acids is 1. The molecule has 1 fully saturated rings. The van der Waals surface area contributed by atoms with Crippen LogP contribution in [0.15, 0.2) is 10.5 Å². The molecule has 1 saturated heterocycles. The van der Waals surface area contributed by atoms with Crippen molar-refractivity contribution in [2.45, 2.75) is 32.5 Å². The number of furan rings is 1. The van der Waals surface area contributed by atoms with Crippen molar-refractivity contribution in [3.8, 4) is 0 Å². The van der Waals surface area contributed by atoms with Gasteiger partial charge < -0.3 is 19.0 Å². The number of carboxylic acid groups (broad SMARTS) is 1. The fourth-order valence-corrected chi connectivity index (χ4v) is 1.87. The predicted molar refractivity (Wildman–Crippen MR) is 59.0 cm³/mol. The molecule has 1 aliphatic heterocycles. The Morgan fingerprint density at radius 3 is 2.82 bits per heavy atom. The lowest BCUT2D eigenvalue weighted by Crippen LogP contribution is -2.23. The third-order valence-electron chi connectivity index (χ3n) is 2.79. The molecule has 5 nitrogen and oxygen atoms in total. The monoisotopic (exact) mass is 240 g/mol. The van der Waals surface area contributed by atoms with Gasteiger partial charge in [0.05, 0.1) is 6.10 Å². The SMILES string of the molecule is Cc1cc(COC2CCOCC2)oc1C(=O)O. The van der Waals surface area contributed by atoms with Crippen LogP contribution >= 0.6 is 0 Å². The smallest absolute Gasteiger partial charge is 0.372 e. The molecule has 0 spiro atoms. The van der Waals surface area contributed by atoms with Gasteiger partial charge in [0.15, 0.2) is 0 Å². The molecule has 17 heavy (non-hydrogen) atoms. The molecule has 0 aromatic carbocycles. The summed E-state index contributed by atoms with van der Waals surface area (Å²) in [6, 6.07) is 1.71. The predicted octanol–water partition coefficient (Wildman–Crippen LogP) is 1.98. The van der Waals surface area contributed by atoms with E-state index in [0.717, 1.165) is 26.1 Å². The van der Waals surface area contributed by atoms with Crippen molar-refractivity contribution >= 4 is 5.97 Å². The molecule has 0 bridgehead atoms. The van der Waals surface area contributed by atoms with Crippen LogP contribution in [0.25, 0.3) is 0 Å². The Morgan fingerprint density at radius 1 is 1.53 bits per heavy atom. The lowest BCUT2D eigenvalue weighted by Gasteiger charge is -2.21. The van der Waals surface area contributed by atoms with Crippen molar-refractivity contribution in [3.05, 3.63) is 23.2 Å². The molecule has 0 radical (unpaired) electrons. The average molecular weight is 240 g/mol. The van der Waals surface area contributed by atoms with Gasteiger partial charge in [0.2, 0.25) is 5.76 Å². The topological polar surface area (TPSA) is 68.9 Å². The van der Waals surface area contributed by atoms with E-state index in [4.69, 9.17) is 19.0 Å². The maximum atomic E-state index is 10.8. The summed E-state index contributed by atoms with van der Waals surface area (Å²) in [5, 5.41) is 8.84. The van der Waals surface area contributed by atoms with Gasteiger partial charge in [0, 0.05) is 18.8 Å². The maximum Gasteiger partial charge on any atom is 0.372 e. The molecule has 1 N–H and O–H groups in total. The average Bonchev–Trinajstić information content (AvgIpc) is 2.69. The molecule has 1 aromatic rings. The van der Waals surface area contributed by atoms with Crippen LogP contribution in [0.2, 0.25) is 0 Å². The molecule has 0 atom stereocenters. The van der Waals surface area contributed by atoms with Gasteiger partial charge in [-0.1, -0.05) is 0 Å². The number of carboxylic acids is 1. The summed E-state index contributed by atoms with van der Waals surface area (Å²) in [6.07, 6.45) is 1.94. The summed E-state index contributed by atoms with van der Waals surface area (Å²) in [5.74, 6) is -0.484. The maximum absolute atomic E-state index is 10.8. The van der Waals surface area contributed by atoms with Gasteiger partial charge in [0.1, 0.15) is 12.4 Å². The Balaban J connectivity index is 1.90. The first-order valence-electron chi connectivity index (χ1n) is 5.69. The molecule has 94 valence electrons. The van der Waals surface area contributed by atoms with E-state index in [0.29, 0.717) is 17.9 Å².